The molecule has 7 heteroatoms. The molecule has 3 atom stereocenters. The number of benzene rings is 2. The van der Waals surface area contributed by atoms with Gasteiger partial charge in [0, 0.05) is 24.7 Å². The molecule has 5 rings (SSSR count). The van der Waals surface area contributed by atoms with Crippen LogP contribution in [0.4, 0.5) is 5.69 Å². The molecular weight excluding hydrogens is 428 g/mol. The van der Waals surface area contributed by atoms with E-state index in [1.165, 1.54) is 11.1 Å². The molecule has 0 bridgehead atoms. The summed E-state index contributed by atoms with van der Waals surface area (Å²) in [4.78, 5) is 14.4. The summed E-state index contributed by atoms with van der Waals surface area (Å²) < 4.78 is 10.7. The first kappa shape index (κ1) is 22.6. The number of nitrogens with zero attached hydrogens (tertiary/aromatic N) is 2. The minimum absolute atomic E-state index is 0.0954. The summed E-state index contributed by atoms with van der Waals surface area (Å²) in [6.45, 7) is 5.19. The lowest BCUT2D eigenvalue weighted by Gasteiger charge is -2.37. The van der Waals surface area contributed by atoms with E-state index in [1.54, 1.807) is 7.11 Å². The number of rotatable bonds is 6. The van der Waals surface area contributed by atoms with E-state index < -0.39 is 0 Å². The summed E-state index contributed by atoms with van der Waals surface area (Å²) in [6.07, 6.45) is 5.67. The molecule has 2 heterocycles. The highest BCUT2D eigenvalue weighted by atomic mass is 16.5. The van der Waals surface area contributed by atoms with E-state index in [0.29, 0.717) is 31.6 Å². The zero-order valence-corrected chi connectivity index (χ0v) is 19.8. The molecule has 2 N–H and O–H groups in total. The quantitative estimate of drug-likeness (QED) is 0.391. The Balaban J connectivity index is 1.31. The van der Waals surface area contributed by atoms with Gasteiger partial charge in [-0.1, -0.05) is 30.4 Å². The fourth-order valence-corrected chi connectivity index (χ4v) is 5.17. The first-order valence-electron chi connectivity index (χ1n) is 12.0. The van der Waals surface area contributed by atoms with Gasteiger partial charge >= 0.3 is 0 Å². The van der Waals surface area contributed by atoms with Gasteiger partial charge in [-0.2, -0.15) is 5.10 Å². The van der Waals surface area contributed by atoms with Gasteiger partial charge in [0.05, 0.1) is 38.6 Å². The summed E-state index contributed by atoms with van der Waals surface area (Å²) in [5.74, 6) is 1.59. The van der Waals surface area contributed by atoms with Crippen LogP contribution < -0.4 is 15.5 Å². The summed E-state index contributed by atoms with van der Waals surface area (Å²) in [7, 11) is 1.69. The average Bonchev–Trinajstić information content (AvgIpc) is 3.38. The highest BCUT2D eigenvalue weighted by Gasteiger charge is 2.38. The number of allylic oxidation sites excluding steroid dienone is 2. The van der Waals surface area contributed by atoms with Crippen LogP contribution in [0.5, 0.6) is 5.75 Å². The molecule has 178 valence electrons. The Kier molecular flexibility index (Phi) is 6.65. The second kappa shape index (κ2) is 9.99. The van der Waals surface area contributed by atoms with Gasteiger partial charge < -0.3 is 14.8 Å². The molecule has 1 aliphatic carbocycles. The van der Waals surface area contributed by atoms with Crippen LogP contribution in [0.1, 0.15) is 42.0 Å². The predicted octanol–water partition coefficient (Wildman–Crippen LogP) is 3.69. The van der Waals surface area contributed by atoms with Gasteiger partial charge in [0.25, 0.3) is 5.91 Å². The van der Waals surface area contributed by atoms with Gasteiger partial charge in [-0.05, 0) is 60.2 Å². The number of amides is 1. The van der Waals surface area contributed by atoms with Crippen LogP contribution in [0.15, 0.2) is 59.7 Å². The molecule has 1 amide bonds. The number of anilines is 1. The van der Waals surface area contributed by atoms with E-state index >= 15 is 0 Å². The molecule has 34 heavy (non-hydrogen) atoms. The van der Waals surface area contributed by atoms with Gasteiger partial charge in [-0.25, -0.2) is 5.43 Å². The van der Waals surface area contributed by atoms with E-state index in [-0.39, 0.29) is 11.9 Å². The van der Waals surface area contributed by atoms with Crippen molar-refractivity contribution in [3.05, 3.63) is 71.3 Å². The molecule has 7 nitrogen and oxygen atoms in total. The lowest BCUT2D eigenvalue weighted by atomic mass is 9.76. The fourth-order valence-electron chi connectivity index (χ4n) is 5.17. The average molecular weight is 461 g/mol. The number of nitrogens with one attached hydrogen (secondary N) is 2. The van der Waals surface area contributed by atoms with Crippen LogP contribution in [0.3, 0.4) is 0 Å². The number of fused-ring (bicyclic) bond motifs is 3. The molecule has 3 aliphatic rings. The van der Waals surface area contributed by atoms with E-state index in [2.05, 4.69) is 63.2 Å². The Morgan fingerprint density at radius 3 is 2.76 bits per heavy atom. The number of carbonyl (C=O) groups is 1. The number of hydrogen-bond donors (Lipinski definition) is 2. The number of carbonyl (C=O) groups excluding carboxylic acids is 1. The van der Waals surface area contributed by atoms with Crippen LogP contribution in [0.2, 0.25) is 0 Å². The Bertz CT molecular complexity index is 1090. The van der Waals surface area contributed by atoms with Crippen molar-refractivity contribution in [2.24, 2.45) is 11.0 Å². The third-order valence-corrected chi connectivity index (χ3v) is 7.07. The number of hydrazone groups is 1. The monoisotopic (exact) mass is 460 g/mol. The Hall–Kier alpha value is -3.16. The number of hydrogen-bond acceptors (Lipinski definition) is 6. The van der Waals surface area contributed by atoms with E-state index in [9.17, 15) is 4.79 Å². The zero-order valence-electron chi connectivity index (χ0n) is 19.8. The van der Waals surface area contributed by atoms with Gasteiger partial charge in [-0.15, -0.1) is 0 Å². The van der Waals surface area contributed by atoms with Gasteiger partial charge in [0.15, 0.2) is 0 Å². The second-order valence-electron chi connectivity index (χ2n) is 9.17. The second-order valence-corrected chi connectivity index (χ2v) is 9.17. The Morgan fingerprint density at radius 2 is 2.00 bits per heavy atom. The summed E-state index contributed by atoms with van der Waals surface area (Å²) in [5, 5.41) is 8.16. The highest BCUT2D eigenvalue weighted by Crippen LogP contribution is 2.50. The van der Waals surface area contributed by atoms with Gasteiger partial charge in [0.1, 0.15) is 5.75 Å². The number of methoxy groups -OCH3 is 1. The molecule has 2 aromatic rings. The minimum Gasteiger partial charge on any atom is -0.497 e. The Morgan fingerprint density at radius 1 is 1.21 bits per heavy atom. The van der Waals surface area contributed by atoms with Crippen molar-refractivity contribution in [1.29, 1.82) is 0 Å². The van der Waals surface area contributed by atoms with Crippen molar-refractivity contribution in [3.63, 3.8) is 0 Å². The number of ether oxygens (including phenoxy) is 2. The van der Waals surface area contributed by atoms with Crippen LogP contribution in [0, 0.1) is 5.92 Å². The molecule has 0 radical (unpaired) electrons. The first-order chi connectivity index (χ1) is 16.6. The molecule has 0 aromatic heterocycles. The van der Waals surface area contributed by atoms with Crippen LogP contribution >= 0.6 is 0 Å². The molecule has 2 aliphatic heterocycles. The molecule has 2 aromatic carbocycles. The topological polar surface area (TPSA) is 75.2 Å². The molecule has 0 spiro atoms. The molecule has 1 saturated heterocycles. The van der Waals surface area contributed by atoms with Crippen molar-refractivity contribution in [1.82, 2.24) is 10.3 Å². The highest BCUT2D eigenvalue weighted by molar-refractivity contribution is 6.00. The van der Waals surface area contributed by atoms with Crippen molar-refractivity contribution in [2.75, 3.05) is 45.3 Å². The maximum atomic E-state index is 12.3. The van der Waals surface area contributed by atoms with Crippen LogP contribution in [-0.4, -0.2) is 56.5 Å². The van der Waals surface area contributed by atoms with Gasteiger partial charge in [-0.3, -0.25) is 9.69 Å². The molecular formula is C27H32N4O3. The number of morpholine rings is 1. The first-order valence-corrected chi connectivity index (χ1v) is 12.0. The van der Waals surface area contributed by atoms with Crippen molar-refractivity contribution in [2.45, 2.75) is 25.3 Å². The molecule has 0 saturated carbocycles. The van der Waals surface area contributed by atoms with Crippen molar-refractivity contribution < 1.29 is 14.3 Å². The van der Waals surface area contributed by atoms with Crippen LogP contribution in [-0.2, 0) is 9.53 Å². The lowest BCUT2D eigenvalue weighted by Crippen LogP contribution is -2.42. The SMILES string of the molecule is COc1ccc([C@@H]2Nc3ccc(/C(C)=N\NC(=O)CN4CCOCC4)cc3[C@@H]3C=CC[C@@H]32)cc1. The van der Waals surface area contributed by atoms with Gasteiger partial charge in [0.2, 0.25) is 0 Å². The van der Waals surface area contributed by atoms with E-state index in [1.807, 2.05) is 19.1 Å². The third kappa shape index (κ3) is 4.72. The standard InChI is InChI=1S/C27H32N4O3/c1-18(29-30-26(32)17-31-12-14-34-15-13-31)20-8-11-25-24(16-20)22-4-3-5-23(22)27(28-25)19-6-9-21(33-2)10-7-19/h3-4,6-11,16,22-23,27-28H,5,12-15,17H2,1-2H3,(H,30,32)/b29-18-/t22-,23+,27+/m1/s1. The maximum Gasteiger partial charge on any atom is 0.254 e. The lowest BCUT2D eigenvalue weighted by molar-refractivity contribution is -0.123. The third-order valence-electron chi connectivity index (χ3n) is 7.07. The summed E-state index contributed by atoms with van der Waals surface area (Å²) >= 11 is 0. The minimum atomic E-state index is -0.0954. The summed E-state index contributed by atoms with van der Waals surface area (Å²) in [6, 6.07) is 15.0. The van der Waals surface area contributed by atoms with E-state index in [0.717, 1.165) is 42.2 Å². The normalized spacial score (nSPS) is 24.2. The van der Waals surface area contributed by atoms with Crippen molar-refractivity contribution >= 4 is 17.3 Å². The smallest absolute Gasteiger partial charge is 0.254 e. The fraction of sp³-hybridized carbons (Fsp3) is 0.407. The zero-order chi connectivity index (χ0) is 23.5. The summed E-state index contributed by atoms with van der Waals surface area (Å²) in [5.41, 5.74) is 8.26. The largest absolute Gasteiger partial charge is 0.497 e. The molecule has 0 unspecified atom stereocenters. The van der Waals surface area contributed by atoms with E-state index in [4.69, 9.17) is 9.47 Å². The molecule has 1 fully saturated rings. The van der Waals surface area contributed by atoms with Crippen LogP contribution in [0.25, 0.3) is 0 Å². The Labute approximate surface area is 200 Å². The predicted molar refractivity (Wildman–Crippen MR) is 133 cm³/mol. The maximum absolute atomic E-state index is 12.3. The van der Waals surface area contributed by atoms with Crippen molar-refractivity contribution in [3.8, 4) is 5.75 Å².